The summed E-state index contributed by atoms with van der Waals surface area (Å²) >= 11 is 5.91. The Morgan fingerprint density at radius 2 is 1.98 bits per heavy atom. The number of ether oxygens (including phenoxy) is 2. The Bertz CT molecular complexity index is 1780. The third kappa shape index (κ3) is 7.58. The highest BCUT2D eigenvalue weighted by Gasteiger charge is 2.48. The van der Waals surface area contributed by atoms with Crippen LogP contribution in [0.25, 0.3) is 21.9 Å². The van der Waals surface area contributed by atoms with E-state index in [2.05, 4.69) is 20.0 Å². The summed E-state index contributed by atoms with van der Waals surface area (Å²) in [4.78, 5) is 27.8. The van der Waals surface area contributed by atoms with Crippen molar-refractivity contribution in [3.8, 4) is 5.75 Å². The van der Waals surface area contributed by atoms with Gasteiger partial charge in [0.25, 0.3) is 0 Å². The highest BCUT2D eigenvalue weighted by Crippen LogP contribution is 2.51. The van der Waals surface area contributed by atoms with E-state index in [0.29, 0.717) is 22.7 Å². The quantitative estimate of drug-likeness (QED) is 0.148. The number of hydrogen-bond acceptors (Lipinski definition) is 11. The van der Waals surface area contributed by atoms with Crippen molar-refractivity contribution < 1.29 is 27.7 Å². The maximum atomic E-state index is 16.5. The highest BCUT2D eigenvalue weighted by molar-refractivity contribution is 8.09. The van der Waals surface area contributed by atoms with Gasteiger partial charge in [-0.3, -0.25) is 9.36 Å². The molecule has 12 nitrogen and oxygen atoms in total. The number of rotatable bonds is 11. The van der Waals surface area contributed by atoms with Crippen molar-refractivity contribution in [1.82, 2.24) is 24.6 Å². The molecule has 1 fully saturated rings. The van der Waals surface area contributed by atoms with E-state index in [0.717, 1.165) is 10.8 Å². The fourth-order valence-electron chi connectivity index (χ4n) is 5.18. The molecule has 248 valence electrons. The Labute approximate surface area is 273 Å². The van der Waals surface area contributed by atoms with Gasteiger partial charge in [0, 0.05) is 31.8 Å². The first-order chi connectivity index (χ1) is 21.6. The van der Waals surface area contributed by atoms with Gasteiger partial charge in [0.05, 0.1) is 12.9 Å². The molecule has 2 aromatic carbocycles. The zero-order valence-electron chi connectivity index (χ0n) is 27.1. The number of carbonyl (C=O) groups is 1. The van der Waals surface area contributed by atoms with Crippen molar-refractivity contribution >= 4 is 58.1 Å². The van der Waals surface area contributed by atoms with E-state index in [1.54, 1.807) is 28.8 Å². The van der Waals surface area contributed by atoms with E-state index < -0.39 is 37.3 Å². The van der Waals surface area contributed by atoms with Crippen molar-refractivity contribution in [3.05, 3.63) is 48.8 Å². The number of alkyl halides is 1. The van der Waals surface area contributed by atoms with Gasteiger partial charge in [-0.15, -0.1) is 0 Å². The van der Waals surface area contributed by atoms with Gasteiger partial charge in [-0.2, -0.15) is 9.97 Å². The van der Waals surface area contributed by atoms with Gasteiger partial charge in [0.2, 0.25) is 11.8 Å². The van der Waals surface area contributed by atoms with Gasteiger partial charge in [-0.05, 0) is 35.6 Å². The lowest BCUT2D eigenvalue weighted by atomic mass is 9.99. The molecule has 0 aliphatic carbocycles. The molecule has 0 spiro atoms. The molecule has 5 atom stereocenters. The molecule has 4 aromatic rings. The monoisotopic (exact) mass is 673 g/mol. The number of imidazole rings is 1. The maximum Gasteiger partial charge on any atom is 0.323 e. The molecular weight excluding hydrogens is 632 g/mol. The van der Waals surface area contributed by atoms with Crippen molar-refractivity contribution in [2.24, 2.45) is 11.3 Å². The van der Waals surface area contributed by atoms with E-state index in [9.17, 15) is 4.79 Å². The van der Waals surface area contributed by atoms with E-state index in [4.69, 9.17) is 36.1 Å². The number of nitrogens with two attached hydrogens (primary N) is 1. The van der Waals surface area contributed by atoms with Crippen LogP contribution in [0.15, 0.2) is 48.8 Å². The third-order valence-corrected chi connectivity index (χ3v) is 9.80. The van der Waals surface area contributed by atoms with Gasteiger partial charge in [0.1, 0.15) is 24.6 Å². The van der Waals surface area contributed by atoms with Crippen molar-refractivity contribution in [1.29, 1.82) is 0 Å². The molecule has 3 N–H and O–H groups in total. The number of halogens is 1. The SMILES string of the molecule is C[C@@H](NP(=S)(OC[C@]1(F)C[C@H](C)[C@H](n2cnc3c(N(C)C)nc(N)nc32)O1)Oc1cccc2ccccc12)C(=O)OCC(C)(C)C. The largest absolute Gasteiger partial charge is 0.464 e. The van der Waals surface area contributed by atoms with E-state index in [1.165, 1.54) is 0 Å². The minimum absolute atomic E-state index is 0.00871. The van der Waals surface area contributed by atoms with E-state index >= 15 is 4.39 Å². The number of esters is 1. The van der Waals surface area contributed by atoms with Crippen LogP contribution in [0.2, 0.25) is 0 Å². The lowest BCUT2D eigenvalue weighted by molar-refractivity contribution is -0.172. The van der Waals surface area contributed by atoms with Gasteiger partial charge >= 0.3 is 12.6 Å². The molecule has 0 bridgehead atoms. The summed E-state index contributed by atoms with van der Waals surface area (Å²) in [6.45, 7) is 5.43. The smallest absolute Gasteiger partial charge is 0.323 e. The number of nitrogens with zero attached hydrogens (tertiary/aromatic N) is 5. The summed E-state index contributed by atoms with van der Waals surface area (Å²) in [5.74, 6) is -2.04. The van der Waals surface area contributed by atoms with Crippen molar-refractivity contribution in [2.45, 2.75) is 59.2 Å². The van der Waals surface area contributed by atoms with Crippen LogP contribution in [0, 0.1) is 11.3 Å². The first-order valence-electron chi connectivity index (χ1n) is 15.0. The number of anilines is 2. The number of fused-ring (bicyclic) bond motifs is 2. The van der Waals surface area contributed by atoms with Crippen LogP contribution in [0.1, 0.15) is 47.3 Å². The molecule has 0 radical (unpaired) electrons. The molecule has 1 unspecified atom stereocenters. The summed E-state index contributed by atoms with van der Waals surface area (Å²) in [5.41, 5.74) is 6.69. The number of nitrogen functional groups attached to an aromatic ring is 1. The van der Waals surface area contributed by atoms with Crippen LogP contribution in [-0.4, -0.2) is 64.7 Å². The highest BCUT2D eigenvalue weighted by atomic mass is 32.5. The normalized spacial score (nSPS) is 22.1. The predicted octanol–water partition coefficient (Wildman–Crippen LogP) is 5.74. The molecule has 1 aliphatic rings. The number of hydrogen-bond donors (Lipinski definition) is 2. The second-order valence-corrected chi connectivity index (χ2v) is 16.2. The van der Waals surface area contributed by atoms with Crippen LogP contribution in [0.3, 0.4) is 0 Å². The van der Waals surface area contributed by atoms with Crippen LogP contribution in [0.5, 0.6) is 5.75 Å². The molecule has 1 saturated heterocycles. The standard InChI is InChI=1S/C31H41FN7O5PS/c1-19-15-31(32,43-27(19)39-18-34-24-25(38(6)7)35-29(33)36-26(24)39)17-42-45(46,37-20(2)28(40)41-16-30(3,4)5)44-23-14-10-12-21-11-8-9-13-22(21)23/h8-14,18-20,27H,15-17H2,1-7H3,(H,37,46)(H2,33,35,36)/t19-,20+,27+,31-,45?/m0/s1. The molecule has 0 amide bonds. The number of aromatic nitrogens is 4. The first kappa shape index (κ1) is 33.9. The molecule has 5 rings (SSSR count). The predicted molar refractivity (Wildman–Crippen MR) is 180 cm³/mol. The van der Waals surface area contributed by atoms with Crippen LogP contribution in [-0.2, 0) is 30.6 Å². The zero-order valence-corrected chi connectivity index (χ0v) is 28.8. The molecule has 1 aliphatic heterocycles. The zero-order chi connectivity index (χ0) is 33.4. The first-order valence-corrected chi connectivity index (χ1v) is 17.6. The Balaban J connectivity index is 1.39. The molecule has 46 heavy (non-hydrogen) atoms. The van der Waals surface area contributed by atoms with Crippen LogP contribution < -0.4 is 20.2 Å². The molecule has 3 heterocycles. The summed E-state index contributed by atoms with van der Waals surface area (Å²) in [7, 11) is 3.64. The third-order valence-electron chi connectivity index (χ3n) is 7.33. The molecular formula is C31H41FN7O5PS. The Hall–Kier alpha value is -3.42. The second-order valence-electron chi connectivity index (χ2n) is 13.1. The van der Waals surface area contributed by atoms with Gasteiger partial charge in [0.15, 0.2) is 17.0 Å². The summed E-state index contributed by atoms with van der Waals surface area (Å²) in [5, 5.41) is 4.73. The molecule has 2 aromatic heterocycles. The second kappa shape index (κ2) is 13.0. The summed E-state index contributed by atoms with van der Waals surface area (Å²) in [6, 6.07) is 12.3. The van der Waals surface area contributed by atoms with Crippen molar-refractivity contribution in [2.75, 3.05) is 37.9 Å². The fraction of sp³-hybridized carbons (Fsp3) is 0.484. The molecule has 15 heteroatoms. The Morgan fingerprint density at radius 1 is 1.26 bits per heavy atom. The lowest BCUT2D eigenvalue weighted by Crippen LogP contribution is -2.38. The Kier molecular flexibility index (Phi) is 9.59. The number of nitrogens with one attached hydrogen (secondary N) is 1. The topological polar surface area (TPSA) is 139 Å². The van der Waals surface area contributed by atoms with Crippen molar-refractivity contribution in [3.63, 3.8) is 0 Å². The average Bonchev–Trinajstić information content (AvgIpc) is 3.53. The number of benzene rings is 2. The summed E-state index contributed by atoms with van der Waals surface area (Å²) in [6.07, 6.45) is 0.768. The molecule has 0 saturated carbocycles. The van der Waals surface area contributed by atoms with Gasteiger partial charge in [-0.25, -0.2) is 14.5 Å². The van der Waals surface area contributed by atoms with E-state index in [1.807, 2.05) is 78.2 Å². The van der Waals surface area contributed by atoms with Gasteiger partial charge in [-0.1, -0.05) is 64.1 Å². The van der Waals surface area contributed by atoms with E-state index in [-0.39, 0.29) is 30.3 Å². The maximum absolute atomic E-state index is 16.5. The van der Waals surface area contributed by atoms with Gasteiger partial charge < -0.3 is 29.2 Å². The fourth-order valence-corrected chi connectivity index (χ4v) is 7.59. The summed E-state index contributed by atoms with van der Waals surface area (Å²) < 4.78 is 42.1. The number of carbonyl (C=O) groups excluding carboxylic acids is 1. The van der Waals surface area contributed by atoms with Crippen LogP contribution >= 0.6 is 6.64 Å². The lowest BCUT2D eigenvalue weighted by Gasteiger charge is -2.30. The minimum Gasteiger partial charge on any atom is -0.464 e. The Morgan fingerprint density at radius 3 is 2.70 bits per heavy atom. The van der Waals surface area contributed by atoms with Crippen LogP contribution in [0.4, 0.5) is 16.2 Å². The average molecular weight is 674 g/mol. The minimum atomic E-state index is -3.58.